The molecule has 1 aliphatic heterocycles. The molecular formula is C43H40N22. The summed E-state index contributed by atoms with van der Waals surface area (Å²) in [6.07, 6.45) is 21.8. The third kappa shape index (κ3) is 10.1. The van der Waals surface area contributed by atoms with Gasteiger partial charge in [0.15, 0.2) is 29.1 Å². The summed E-state index contributed by atoms with van der Waals surface area (Å²) in [5, 5.41) is 6.36. The number of hydrogen-bond donors (Lipinski definition) is 4. The summed E-state index contributed by atoms with van der Waals surface area (Å²) in [7, 11) is 1.79. The van der Waals surface area contributed by atoms with Crippen molar-refractivity contribution < 1.29 is 0 Å². The highest BCUT2D eigenvalue weighted by Gasteiger charge is 2.30. The Hall–Kier alpha value is -9.18. The molecule has 2 aromatic carbocycles. The first-order valence-corrected chi connectivity index (χ1v) is 19.6. The number of benzene rings is 2. The van der Waals surface area contributed by atoms with E-state index in [-0.39, 0.29) is 30.2 Å². The van der Waals surface area contributed by atoms with Gasteiger partial charge in [-0.2, -0.15) is 0 Å². The average molecular weight is 865 g/mol. The van der Waals surface area contributed by atoms with Gasteiger partial charge in [0.2, 0.25) is 0 Å². The van der Waals surface area contributed by atoms with E-state index in [1.165, 1.54) is 69.5 Å². The van der Waals surface area contributed by atoms with E-state index in [1.807, 2.05) is 19.1 Å². The van der Waals surface area contributed by atoms with Gasteiger partial charge in [0.1, 0.15) is 81.1 Å². The number of aromatic nitrogens is 12. The third-order valence-electron chi connectivity index (χ3n) is 9.19. The van der Waals surface area contributed by atoms with Crippen LogP contribution in [0.1, 0.15) is 41.7 Å². The average Bonchev–Trinajstić information content (AvgIpc) is 3.35. The molecule has 6 N–H and O–H groups in total. The fraction of sp³-hybridized carbons (Fsp3) is 0.116. The van der Waals surface area contributed by atoms with Gasteiger partial charge in [-0.1, -0.05) is 25.3 Å². The Morgan fingerprint density at radius 1 is 0.785 bits per heavy atom. The first-order valence-electron chi connectivity index (χ1n) is 19.6. The van der Waals surface area contributed by atoms with Crippen LogP contribution in [0.3, 0.4) is 0 Å². The molecule has 6 aromatic rings. The predicted molar refractivity (Wildman–Crippen MR) is 250 cm³/mol. The fourth-order valence-electron chi connectivity index (χ4n) is 6.47. The number of rotatable bonds is 15. The summed E-state index contributed by atoms with van der Waals surface area (Å²) in [6, 6.07) is 5.60. The summed E-state index contributed by atoms with van der Waals surface area (Å²) in [4.78, 5) is 78.9. The van der Waals surface area contributed by atoms with Crippen molar-refractivity contribution in [1.29, 1.82) is 0 Å². The maximum atomic E-state index is 7.06. The van der Waals surface area contributed by atoms with E-state index < -0.39 is 0 Å². The lowest BCUT2D eigenvalue weighted by Crippen LogP contribution is -2.37. The highest BCUT2D eigenvalue weighted by Crippen LogP contribution is 2.38. The van der Waals surface area contributed by atoms with Crippen LogP contribution < -0.4 is 22.1 Å². The van der Waals surface area contributed by atoms with Crippen molar-refractivity contribution in [2.24, 2.45) is 41.4 Å². The maximum absolute atomic E-state index is 7.06. The number of aliphatic imine (C=N–C) groups is 6. The summed E-state index contributed by atoms with van der Waals surface area (Å²) >= 11 is 0. The molecule has 1 aliphatic rings. The van der Waals surface area contributed by atoms with Crippen molar-refractivity contribution >= 4 is 47.7 Å². The van der Waals surface area contributed by atoms with E-state index in [4.69, 9.17) is 16.5 Å². The molecule has 22 heteroatoms. The highest BCUT2D eigenvalue weighted by molar-refractivity contribution is 6.20. The van der Waals surface area contributed by atoms with Crippen LogP contribution in [0.4, 0.5) is 0 Å². The van der Waals surface area contributed by atoms with Crippen molar-refractivity contribution in [2.75, 3.05) is 13.7 Å². The van der Waals surface area contributed by atoms with Gasteiger partial charge < -0.3 is 22.1 Å². The minimum absolute atomic E-state index is 0.0185. The Balaban J connectivity index is 1.43. The normalized spacial score (nSPS) is 14.5. The first-order chi connectivity index (χ1) is 31.8. The molecule has 0 radical (unpaired) electrons. The lowest BCUT2D eigenvalue weighted by molar-refractivity contribution is 0.695. The molecule has 22 nitrogen and oxygen atoms in total. The van der Waals surface area contributed by atoms with Crippen molar-refractivity contribution in [3.63, 3.8) is 0 Å². The van der Waals surface area contributed by atoms with Crippen LogP contribution in [0.25, 0.3) is 56.8 Å². The van der Waals surface area contributed by atoms with Gasteiger partial charge >= 0.3 is 0 Å². The standard InChI is InChI=1S/C43H40N22/c1-6-47-15-54-37(45)36-34(42-62-22-51-23-63-42)28(13-31(40-58-18-49-19-59-40)35(36)43-64-24-53-26(4)65-43)32(44)10-8-9-25(3)27-11-29(38(52-7-2)55-14-46-5)33(41-60-20-50-21-61-41)30(12-27)39-56-16-48-17-57-39/h6-13,15-24,26,46H,1,3,14,44H2,2,4-5H3,(H2,45,47,54)(H,53,64,65)/b9-8-,32-10-,52-7?,55-38?. The predicted octanol–water partition coefficient (Wildman–Crippen LogP) is 3.28. The summed E-state index contributed by atoms with van der Waals surface area (Å²) < 4.78 is 0. The van der Waals surface area contributed by atoms with E-state index in [0.717, 1.165) is 0 Å². The van der Waals surface area contributed by atoms with E-state index in [0.29, 0.717) is 84.8 Å². The second-order valence-electron chi connectivity index (χ2n) is 13.3. The van der Waals surface area contributed by atoms with Crippen molar-refractivity contribution in [3.05, 3.63) is 134 Å². The second-order valence-corrected chi connectivity index (χ2v) is 13.3. The number of nitrogens with two attached hydrogens (primary N) is 2. The SMILES string of the molecule is C=CN=CN=C(N)c1c(C2=NC=NC(C)N2)c(-c2ncncn2)cc(/C(N)=C/C=C\C(=C)c2cc(C(N=CC)=NCNC)c(-c3ncncn3)c(-c3ncncn3)c2)c1-c1ncncn1. The second kappa shape index (κ2) is 21.1. The minimum atomic E-state index is -0.346. The van der Waals surface area contributed by atoms with Gasteiger partial charge in [0, 0.05) is 62.6 Å². The number of nitrogens with zero attached hydrogens (tertiary/aromatic N) is 18. The molecule has 0 saturated heterocycles. The lowest BCUT2D eigenvalue weighted by Gasteiger charge is -2.24. The molecule has 0 aliphatic carbocycles. The molecule has 322 valence electrons. The van der Waals surface area contributed by atoms with Gasteiger partial charge in [0.05, 0.1) is 6.67 Å². The van der Waals surface area contributed by atoms with Crippen LogP contribution in [0.15, 0.2) is 136 Å². The highest BCUT2D eigenvalue weighted by atomic mass is 15.2. The molecule has 0 spiro atoms. The smallest absolute Gasteiger partial charge is 0.164 e. The Morgan fingerprint density at radius 2 is 1.37 bits per heavy atom. The molecule has 0 saturated carbocycles. The molecule has 0 bridgehead atoms. The van der Waals surface area contributed by atoms with Crippen LogP contribution in [-0.2, 0) is 0 Å². The quantitative estimate of drug-likeness (QED) is 0.0654. The van der Waals surface area contributed by atoms with Gasteiger partial charge in [0.25, 0.3) is 0 Å². The van der Waals surface area contributed by atoms with Gasteiger partial charge in [-0.05, 0) is 56.3 Å². The monoisotopic (exact) mass is 864 g/mol. The molecule has 1 atom stereocenters. The Bertz CT molecular complexity index is 2930. The molecule has 0 fully saturated rings. The lowest BCUT2D eigenvalue weighted by atomic mass is 9.87. The van der Waals surface area contributed by atoms with E-state index in [2.05, 4.69) is 109 Å². The third-order valence-corrected chi connectivity index (χ3v) is 9.19. The van der Waals surface area contributed by atoms with Gasteiger partial charge in [-0.25, -0.2) is 84.8 Å². The summed E-state index contributed by atoms with van der Waals surface area (Å²) in [5.41, 5.74) is 19.4. The van der Waals surface area contributed by atoms with Gasteiger partial charge in [-0.3, -0.25) is 4.99 Å². The molecule has 65 heavy (non-hydrogen) atoms. The zero-order valence-corrected chi connectivity index (χ0v) is 35.3. The first kappa shape index (κ1) is 43.9. The zero-order valence-electron chi connectivity index (χ0n) is 35.3. The number of amidine groups is 3. The van der Waals surface area contributed by atoms with E-state index in [9.17, 15) is 0 Å². The van der Waals surface area contributed by atoms with Crippen molar-refractivity contribution in [2.45, 2.75) is 20.0 Å². The van der Waals surface area contributed by atoms with Crippen LogP contribution in [-0.4, -0.2) is 116 Å². The van der Waals surface area contributed by atoms with E-state index >= 15 is 0 Å². The van der Waals surface area contributed by atoms with Crippen LogP contribution in [0.5, 0.6) is 0 Å². The van der Waals surface area contributed by atoms with Crippen LogP contribution >= 0.6 is 0 Å². The summed E-state index contributed by atoms with van der Waals surface area (Å²) in [5.74, 6) is 2.08. The fourth-order valence-corrected chi connectivity index (χ4v) is 6.47. The molecule has 5 heterocycles. The molecule has 0 amide bonds. The summed E-state index contributed by atoms with van der Waals surface area (Å²) in [6.45, 7) is 12.0. The Labute approximate surface area is 372 Å². The van der Waals surface area contributed by atoms with Crippen LogP contribution in [0, 0.1) is 0 Å². The van der Waals surface area contributed by atoms with Crippen molar-refractivity contribution in [1.82, 2.24) is 70.4 Å². The Morgan fingerprint density at radius 3 is 1.94 bits per heavy atom. The topological polar surface area (TPSA) is 305 Å². The number of hydrogen-bond acceptors (Lipinski definition) is 19. The molecule has 4 aromatic heterocycles. The zero-order chi connectivity index (χ0) is 45.5. The van der Waals surface area contributed by atoms with E-state index in [1.54, 1.807) is 44.5 Å². The van der Waals surface area contributed by atoms with Crippen molar-refractivity contribution in [3.8, 4) is 45.6 Å². The van der Waals surface area contributed by atoms with Gasteiger partial charge in [-0.15, -0.1) is 0 Å². The Kier molecular flexibility index (Phi) is 14.2. The molecular weight excluding hydrogens is 825 g/mol. The molecule has 1 unspecified atom stereocenters. The number of nitrogens with one attached hydrogen (secondary N) is 2. The number of allylic oxidation sites excluding steroid dienone is 4. The van der Waals surface area contributed by atoms with Crippen LogP contribution in [0.2, 0.25) is 0 Å². The largest absolute Gasteiger partial charge is 0.398 e. The maximum Gasteiger partial charge on any atom is 0.164 e. The minimum Gasteiger partial charge on any atom is -0.398 e. The molecule has 7 rings (SSSR count).